The number of aryl methyl sites for hydroxylation is 1. The Kier molecular flexibility index (Phi) is 3.18. The van der Waals surface area contributed by atoms with Gasteiger partial charge < -0.3 is 9.67 Å². The zero-order valence-electron chi connectivity index (χ0n) is 10.2. The van der Waals surface area contributed by atoms with Gasteiger partial charge in [0.2, 0.25) is 0 Å². The first-order valence-corrected chi connectivity index (χ1v) is 5.91. The van der Waals surface area contributed by atoms with Gasteiger partial charge in [0.15, 0.2) is 0 Å². The molecule has 0 unspecified atom stereocenters. The van der Waals surface area contributed by atoms with E-state index in [0.717, 1.165) is 17.3 Å². The van der Waals surface area contributed by atoms with Crippen LogP contribution < -0.4 is 5.56 Å². The van der Waals surface area contributed by atoms with Crippen LogP contribution in [0.15, 0.2) is 35.1 Å². The highest BCUT2D eigenvalue weighted by Gasteiger charge is 2.07. The van der Waals surface area contributed by atoms with Crippen LogP contribution in [0.4, 0.5) is 0 Å². The van der Waals surface area contributed by atoms with Crippen LogP contribution in [0.2, 0.25) is 0 Å². The molecule has 2 rings (SSSR count). The van der Waals surface area contributed by atoms with Crippen molar-refractivity contribution in [2.75, 3.05) is 0 Å². The number of aromatic nitrogens is 1. The number of hydrogen-bond donors (Lipinski definition) is 1. The first kappa shape index (κ1) is 11.7. The lowest BCUT2D eigenvalue weighted by molar-refractivity contribution is 0.475. The number of rotatable bonds is 3. The van der Waals surface area contributed by atoms with Crippen molar-refractivity contribution >= 4 is 10.9 Å². The summed E-state index contributed by atoms with van der Waals surface area (Å²) in [4.78, 5) is 11.9. The van der Waals surface area contributed by atoms with Crippen LogP contribution in [0.5, 0.6) is 5.75 Å². The maximum Gasteiger partial charge on any atom is 0.254 e. The van der Waals surface area contributed by atoms with Crippen molar-refractivity contribution in [3.05, 3.63) is 40.7 Å². The number of benzene rings is 1. The maximum absolute atomic E-state index is 11.9. The molecular weight excluding hydrogens is 214 g/mol. The number of fused-ring (bicyclic) bond motifs is 1. The topological polar surface area (TPSA) is 42.2 Å². The Hall–Kier alpha value is -1.77. The van der Waals surface area contributed by atoms with E-state index in [1.807, 2.05) is 24.3 Å². The summed E-state index contributed by atoms with van der Waals surface area (Å²) in [6, 6.07) is 8.74. The van der Waals surface area contributed by atoms with Crippen LogP contribution in [0.1, 0.15) is 20.3 Å². The van der Waals surface area contributed by atoms with E-state index in [-0.39, 0.29) is 11.3 Å². The van der Waals surface area contributed by atoms with Gasteiger partial charge in [0.05, 0.1) is 5.52 Å². The molecule has 0 radical (unpaired) electrons. The van der Waals surface area contributed by atoms with E-state index in [1.54, 1.807) is 4.57 Å². The van der Waals surface area contributed by atoms with Crippen molar-refractivity contribution in [2.24, 2.45) is 5.92 Å². The summed E-state index contributed by atoms with van der Waals surface area (Å²) in [5.74, 6) is 0.612. The van der Waals surface area contributed by atoms with Crippen LogP contribution in [0, 0.1) is 5.92 Å². The van der Waals surface area contributed by atoms with Gasteiger partial charge in [0.25, 0.3) is 5.56 Å². The Morgan fingerprint density at radius 2 is 2.00 bits per heavy atom. The van der Waals surface area contributed by atoms with E-state index in [2.05, 4.69) is 13.8 Å². The van der Waals surface area contributed by atoms with Gasteiger partial charge in [0, 0.05) is 18.0 Å². The van der Waals surface area contributed by atoms with Gasteiger partial charge in [-0.15, -0.1) is 0 Å². The predicted molar refractivity (Wildman–Crippen MR) is 69.3 cm³/mol. The van der Waals surface area contributed by atoms with Gasteiger partial charge in [-0.1, -0.05) is 26.0 Å². The van der Waals surface area contributed by atoms with E-state index in [1.165, 1.54) is 6.07 Å². The second-order valence-electron chi connectivity index (χ2n) is 4.72. The third kappa shape index (κ3) is 2.33. The molecule has 1 aromatic heterocycles. The summed E-state index contributed by atoms with van der Waals surface area (Å²) < 4.78 is 1.73. The molecule has 2 aromatic rings. The molecule has 0 spiro atoms. The maximum atomic E-state index is 11.9. The van der Waals surface area contributed by atoms with Crippen molar-refractivity contribution in [1.82, 2.24) is 4.57 Å². The van der Waals surface area contributed by atoms with E-state index in [9.17, 15) is 9.90 Å². The molecule has 0 aliphatic carbocycles. The van der Waals surface area contributed by atoms with Gasteiger partial charge >= 0.3 is 0 Å². The van der Waals surface area contributed by atoms with Crippen molar-refractivity contribution in [3.8, 4) is 5.75 Å². The summed E-state index contributed by atoms with van der Waals surface area (Å²) in [5, 5.41) is 10.5. The second kappa shape index (κ2) is 4.62. The standard InChI is InChI=1S/C14H17NO2/c1-10(2)7-8-15-12-6-4-3-5-11(12)13(16)9-14(15)17/h3-6,9-10,16H,7-8H2,1-2H3. The first-order valence-electron chi connectivity index (χ1n) is 5.91. The highest BCUT2D eigenvalue weighted by atomic mass is 16.3. The summed E-state index contributed by atoms with van der Waals surface area (Å²) in [6.07, 6.45) is 0.953. The molecule has 0 saturated heterocycles. The third-order valence-electron chi connectivity index (χ3n) is 2.93. The van der Waals surface area contributed by atoms with Gasteiger partial charge in [-0.2, -0.15) is 0 Å². The molecule has 1 N–H and O–H groups in total. The minimum atomic E-state index is -0.137. The van der Waals surface area contributed by atoms with Crippen LogP contribution in [-0.4, -0.2) is 9.67 Å². The largest absolute Gasteiger partial charge is 0.507 e. The fourth-order valence-corrected chi connectivity index (χ4v) is 1.93. The molecule has 90 valence electrons. The quantitative estimate of drug-likeness (QED) is 0.882. The van der Waals surface area contributed by atoms with Gasteiger partial charge in [-0.05, 0) is 24.5 Å². The lowest BCUT2D eigenvalue weighted by Gasteiger charge is -2.12. The van der Waals surface area contributed by atoms with Crippen molar-refractivity contribution in [3.63, 3.8) is 0 Å². The Labute approximate surface area is 100 Å². The highest BCUT2D eigenvalue weighted by Crippen LogP contribution is 2.22. The molecule has 0 saturated carbocycles. The summed E-state index contributed by atoms with van der Waals surface area (Å²) in [6.45, 7) is 4.96. The molecule has 0 aliphatic rings. The van der Waals surface area contributed by atoms with E-state index < -0.39 is 0 Å². The predicted octanol–water partition coefficient (Wildman–Crippen LogP) is 2.75. The van der Waals surface area contributed by atoms with Crippen LogP contribution >= 0.6 is 0 Å². The van der Waals surface area contributed by atoms with E-state index in [4.69, 9.17) is 0 Å². The molecule has 1 aromatic carbocycles. The Balaban J connectivity index is 2.57. The third-order valence-corrected chi connectivity index (χ3v) is 2.93. The number of pyridine rings is 1. The van der Waals surface area contributed by atoms with Crippen molar-refractivity contribution in [1.29, 1.82) is 0 Å². The number of para-hydroxylation sites is 1. The van der Waals surface area contributed by atoms with Gasteiger partial charge in [-0.25, -0.2) is 0 Å². The number of nitrogens with zero attached hydrogens (tertiary/aromatic N) is 1. The molecule has 1 heterocycles. The molecule has 17 heavy (non-hydrogen) atoms. The molecule has 0 bridgehead atoms. The molecule has 0 fully saturated rings. The highest BCUT2D eigenvalue weighted by molar-refractivity contribution is 5.84. The van der Waals surface area contributed by atoms with Gasteiger partial charge in [-0.3, -0.25) is 4.79 Å². The average molecular weight is 231 g/mol. The fourth-order valence-electron chi connectivity index (χ4n) is 1.93. The van der Waals surface area contributed by atoms with E-state index >= 15 is 0 Å². The summed E-state index contributed by atoms with van der Waals surface area (Å²) >= 11 is 0. The van der Waals surface area contributed by atoms with Crippen LogP contribution in [0.25, 0.3) is 10.9 Å². The normalized spacial score (nSPS) is 11.2. The molecule has 0 amide bonds. The summed E-state index contributed by atoms with van der Waals surface area (Å²) in [5.41, 5.74) is 0.667. The minimum absolute atomic E-state index is 0.0615. The SMILES string of the molecule is CC(C)CCn1c(=O)cc(O)c2ccccc21. The van der Waals surface area contributed by atoms with Crippen molar-refractivity contribution in [2.45, 2.75) is 26.8 Å². The summed E-state index contributed by atoms with van der Waals surface area (Å²) in [7, 11) is 0. The molecule has 0 aliphatic heterocycles. The monoisotopic (exact) mass is 231 g/mol. The zero-order chi connectivity index (χ0) is 12.4. The Bertz CT molecular complexity index is 584. The molecule has 3 nitrogen and oxygen atoms in total. The lowest BCUT2D eigenvalue weighted by atomic mass is 10.1. The second-order valence-corrected chi connectivity index (χ2v) is 4.72. The number of hydrogen-bond acceptors (Lipinski definition) is 2. The van der Waals surface area contributed by atoms with Crippen molar-refractivity contribution < 1.29 is 5.11 Å². The van der Waals surface area contributed by atoms with E-state index in [0.29, 0.717) is 12.5 Å². The minimum Gasteiger partial charge on any atom is -0.507 e. The van der Waals surface area contributed by atoms with Gasteiger partial charge in [0.1, 0.15) is 5.75 Å². The molecule has 3 heteroatoms. The Morgan fingerprint density at radius 1 is 1.29 bits per heavy atom. The zero-order valence-corrected chi connectivity index (χ0v) is 10.2. The van der Waals surface area contributed by atoms with Crippen LogP contribution in [0.3, 0.4) is 0 Å². The van der Waals surface area contributed by atoms with Crippen LogP contribution in [-0.2, 0) is 6.54 Å². The number of aromatic hydroxyl groups is 1. The first-order chi connectivity index (χ1) is 8.09. The Morgan fingerprint density at radius 3 is 2.71 bits per heavy atom. The lowest BCUT2D eigenvalue weighted by Crippen LogP contribution is -2.20. The smallest absolute Gasteiger partial charge is 0.254 e. The molecule has 0 atom stereocenters. The fraction of sp³-hybridized carbons (Fsp3) is 0.357. The average Bonchev–Trinajstić information content (AvgIpc) is 2.28. The molecular formula is C14H17NO2.